The van der Waals surface area contributed by atoms with Gasteiger partial charge in [-0.25, -0.2) is 0 Å². The van der Waals surface area contributed by atoms with Gasteiger partial charge in [0.25, 0.3) is 0 Å². The summed E-state index contributed by atoms with van der Waals surface area (Å²) < 4.78 is 0. The van der Waals surface area contributed by atoms with Gasteiger partial charge in [0.1, 0.15) is 0 Å². The van der Waals surface area contributed by atoms with Crippen LogP contribution >= 0.6 is 0 Å². The molecule has 1 aliphatic rings. The highest BCUT2D eigenvalue weighted by Crippen LogP contribution is 2.33. The third kappa shape index (κ3) is 2.13. The molecule has 1 aliphatic heterocycles. The van der Waals surface area contributed by atoms with E-state index in [2.05, 4.69) is 60.8 Å². The van der Waals surface area contributed by atoms with Gasteiger partial charge in [0, 0.05) is 5.69 Å². The molecule has 0 amide bonds. The highest BCUT2D eigenvalue weighted by molar-refractivity contribution is 5.58. The number of aryl methyl sites for hydroxylation is 1. The molecule has 2 aromatic carbocycles. The molecule has 1 N–H and O–H groups in total. The molecule has 2 aromatic rings. The summed E-state index contributed by atoms with van der Waals surface area (Å²) in [5.74, 6) is 0. The third-order valence-corrected chi connectivity index (χ3v) is 3.69. The average molecular weight is 237 g/mol. The molecule has 0 saturated heterocycles. The first kappa shape index (κ1) is 11.3. The molecule has 1 unspecified atom stereocenters. The van der Waals surface area contributed by atoms with Gasteiger partial charge in [-0.2, -0.15) is 0 Å². The Morgan fingerprint density at radius 3 is 2.56 bits per heavy atom. The van der Waals surface area contributed by atoms with Crippen molar-refractivity contribution in [2.24, 2.45) is 0 Å². The van der Waals surface area contributed by atoms with Crippen molar-refractivity contribution >= 4 is 5.69 Å². The standard InChI is InChI=1S/C17H19N/c1-2-5-13-8-10-14(11-9-13)17-12-15-6-3-4-7-16(15)18-17/h3-4,6-11,17-18H,2,5,12H2,1H3. The molecule has 1 heterocycles. The smallest absolute Gasteiger partial charge is 0.0555 e. The third-order valence-electron chi connectivity index (χ3n) is 3.69. The Kier molecular flexibility index (Phi) is 3.06. The molecule has 1 atom stereocenters. The van der Waals surface area contributed by atoms with Crippen LogP contribution in [0.5, 0.6) is 0 Å². The van der Waals surface area contributed by atoms with E-state index in [4.69, 9.17) is 0 Å². The molecule has 0 saturated carbocycles. The van der Waals surface area contributed by atoms with E-state index in [1.807, 2.05) is 0 Å². The molecule has 0 radical (unpaired) electrons. The second-order valence-corrected chi connectivity index (χ2v) is 5.05. The summed E-state index contributed by atoms with van der Waals surface area (Å²) in [7, 11) is 0. The van der Waals surface area contributed by atoms with Crippen LogP contribution in [0.3, 0.4) is 0 Å². The Morgan fingerprint density at radius 1 is 1.06 bits per heavy atom. The lowest BCUT2D eigenvalue weighted by Crippen LogP contribution is -2.05. The molecule has 0 aliphatic carbocycles. The summed E-state index contributed by atoms with van der Waals surface area (Å²) in [5.41, 5.74) is 5.56. The van der Waals surface area contributed by atoms with Gasteiger partial charge in [-0.05, 0) is 35.6 Å². The fourth-order valence-electron chi connectivity index (χ4n) is 2.70. The second kappa shape index (κ2) is 4.85. The predicted molar refractivity (Wildman–Crippen MR) is 76.9 cm³/mol. The SMILES string of the molecule is CCCc1ccc(C2Cc3ccccc3N2)cc1. The summed E-state index contributed by atoms with van der Waals surface area (Å²) in [6.07, 6.45) is 3.49. The molecule has 0 aromatic heterocycles. The lowest BCUT2D eigenvalue weighted by Gasteiger charge is -2.12. The van der Waals surface area contributed by atoms with Crippen LogP contribution in [-0.4, -0.2) is 0 Å². The first-order valence-corrected chi connectivity index (χ1v) is 6.80. The summed E-state index contributed by atoms with van der Waals surface area (Å²) in [5, 5.41) is 3.60. The van der Waals surface area contributed by atoms with Crippen molar-refractivity contribution in [1.82, 2.24) is 0 Å². The summed E-state index contributed by atoms with van der Waals surface area (Å²) >= 11 is 0. The van der Waals surface area contributed by atoms with E-state index < -0.39 is 0 Å². The van der Waals surface area contributed by atoms with Crippen LogP contribution < -0.4 is 5.32 Å². The summed E-state index contributed by atoms with van der Waals surface area (Å²) in [4.78, 5) is 0. The molecule has 0 spiro atoms. The maximum atomic E-state index is 3.60. The van der Waals surface area contributed by atoms with Gasteiger partial charge in [0.2, 0.25) is 0 Å². The summed E-state index contributed by atoms with van der Waals surface area (Å²) in [6, 6.07) is 18.1. The highest BCUT2D eigenvalue weighted by Gasteiger charge is 2.20. The van der Waals surface area contributed by atoms with Gasteiger partial charge in [-0.1, -0.05) is 55.8 Å². The fraction of sp³-hybridized carbons (Fsp3) is 0.294. The van der Waals surface area contributed by atoms with Crippen molar-refractivity contribution in [1.29, 1.82) is 0 Å². The monoisotopic (exact) mass is 237 g/mol. The minimum absolute atomic E-state index is 0.443. The Hall–Kier alpha value is -1.76. The predicted octanol–water partition coefficient (Wildman–Crippen LogP) is 4.35. The maximum absolute atomic E-state index is 3.60. The number of para-hydroxylation sites is 1. The average Bonchev–Trinajstić information content (AvgIpc) is 2.84. The van der Waals surface area contributed by atoms with Crippen molar-refractivity contribution in [2.45, 2.75) is 32.2 Å². The maximum Gasteiger partial charge on any atom is 0.0555 e. The van der Waals surface area contributed by atoms with Crippen LogP contribution in [0.2, 0.25) is 0 Å². The lowest BCUT2D eigenvalue weighted by molar-refractivity contribution is 0.821. The topological polar surface area (TPSA) is 12.0 Å². The van der Waals surface area contributed by atoms with Crippen LogP contribution in [0.15, 0.2) is 48.5 Å². The first-order chi connectivity index (χ1) is 8.86. The zero-order chi connectivity index (χ0) is 12.4. The van der Waals surface area contributed by atoms with Crippen LogP contribution in [0.4, 0.5) is 5.69 Å². The van der Waals surface area contributed by atoms with Gasteiger partial charge in [-0.15, -0.1) is 0 Å². The molecular formula is C17H19N. The molecule has 0 bridgehead atoms. The number of fused-ring (bicyclic) bond motifs is 1. The van der Waals surface area contributed by atoms with E-state index in [1.165, 1.54) is 35.2 Å². The number of benzene rings is 2. The van der Waals surface area contributed by atoms with Crippen molar-refractivity contribution < 1.29 is 0 Å². The van der Waals surface area contributed by atoms with Gasteiger partial charge >= 0.3 is 0 Å². The molecule has 3 rings (SSSR count). The minimum Gasteiger partial charge on any atom is -0.378 e. The zero-order valence-electron chi connectivity index (χ0n) is 10.8. The zero-order valence-corrected chi connectivity index (χ0v) is 10.8. The van der Waals surface area contributed by atoms with E-state index in [0.717, 1.165) is 6.42 Å². The fourth-order valence-corrected chi connectivity index (χ4v) is 2.70. The Bertz CT molecular complexity index is 503. The van der Waals surface area contributed by atoms with Crippen LogP contribution in [-0.2, 0) is 12.8 Å². The van der Waals surface area contributed by atoms with Crippen LogP contribution in [0.1, 0.15) is 36.1 Å². The van der Waals surface area contributed by atoms with E-state index in [1.54, 1.807) is 0 Å². The first-order valence-electron chi connectivity index (χ1n) is 6.80. The Balaban J connectivity index is 1.78. The largest absolute Gasteiger partial charge is 0.378 e. The molecule has 92 valence electrons. The minimum atomic E-state index is 0.443. The summed E-state index contributed by atoms with van der Waals surface area (Å²) in [6.45, 7) is 2.23. The quantitative estimate of drug-likeness (QED) is 0.837. The Morgan fingerprint density at radius 2 is 1.83 bits per heavy atom. The van der Waals surface area contributed by atoms with E-state index in [-0.39, 0.29) is 0 Å². The van der Waals surface area contributed by atoms with Gasteiger partial charge in [-0.3, -0.25) is 0 Å². The van der Waals surface area contributed by atoms with Crippen molar-refractivity contribution in [2.75, 3.05) is 5.32 Å². The van der Waals surface area contributed by atoms with Crippen molar-refractivity contribution in [3.8, 4) is 0 Å². The number of rotatable bonds is 3. The Labute approximate surface area is 109 Å². The number of hydrogen-bond acceptors (Lipinski definition) is 1. The second-order valence-electron chi connectivity index (χ2n) is 5.05. The van der Waals surface area contributed by atoms with E-state index in [0.29, 0.717) is 6.04 Å². The molecule has 1 heteroatoms. The number of nitrogens with one attached hydrogen (secondary N) is 1. The number of anilines is 1. The number of hydrogen-bond donors (Lipinski definition) is 1. The van der Waals surface area contributed by atoms with Gasteiger partial charge in [0.05, 0.1) is 6.04 Å². The van der Waals surface area contributed by atoms with Crippen molar-refractivity contribution in [3.63, 3.8) is 0 Å². The molecule has 1 nitrogen and oxygen atoms in total. The molecular weight excluding hydrogens is 218 g/mol. The molecule has 0 fully saturated rings. The van der Waals surface area contributed by atoms with Crippen LogP contribution in [0.25, 0.3) is 0 Å². The van der Waals surface area contributed by atoms with Gasteiger partial charge < -0.3 is 5.32 Å². The lowest BCUT2D eigenvalue weighted by atomic mass is 10.0. The highest BCUT2D eigenvalue weighted by atomic mass is 14.9. The van der Waals surface area contributed by atoms with E-state index in [9.17, 15) is 0 Å². The van der Waals surface area contributed by atoms with Crippen LogP contribution in [0, 0.1) is 0 Å². The molecule has 18 heavy (non-hydrogen) atoms. The van der Waals surface area contributed by atoms with Crippen molar-refractivity contribution in [3.05, 3.63) is 65.2 Å². The van der Waals surface area contributed by atoms with Gasteiger partial charge in [0.15, 0.2) is 0 Å². The van der Waals surface area contributed by atoms with E-state index >= 15 is 0 Å². The normalized spacial score (nSPS) is 17.3.